The lowest BCUT2D eigenvalue weighted by Gasteiger charge is -2.26. The second-order valence-corrected chi connectivity index (χ2v) is 10.7. The number of ether oxygens (including phenoxy) is 2. The average molecular weight is 451 g/mol. The molecule has 5 heteroatoms. The fourth-order valence-corrected chi connectivity index (χ4v) is 4.56. The summed E-state index contributed by atoms with van der Waals surface area (Å²) in [7, 11) is 0. The van der Waals surface area contributed by atoms with Crippen molar-refractivity contribution in [2.75, 3.05) is 19.8 Å². The quantitative estimate of drug-likeness (QED) is 0.614. The maximum Gasteiger partial charge on any atom is 0.251 e. The SMILES string of the molecule is CC(C)(C)CNCc1ccc2c(c1)CC[C@H](NC(=O)c1ccc(OC[C@@H]3CCCO3)cc1)C2. The lowest BCUT2D eigenvalue weighted by molar-refractivity contribution is 0.0679. The lowest BCUT2D eigenvalue weighted by Crippen LogP contribution is -2.38. The molecule has 1 saturated heterocycles. The molecule has 2 atom stereocenters. The van der Waals surface area contributed by atoms with Crippen LogP contribution >= 0.6 is 0 Å². The van der Waals surface area contributed by atoms with Gasteiger partial charge in [-0.25, -0.2) is 0 Å². The Labute approximate surface area is 198 Å². The Bertz CT molecular complexity index is 927. The molecule has 1 fully saturated rings. The minimum atomic E-state index is -0.0165. The summed E-state index contributed by atoms with van der Waals surface area (Å²) in [6.45, 7) is 10.0. The molecule has 0 bridgehead atoms. The molecule has 2 aliphatic rings. The van der Waals surface area contributed by atoms with Gasteiger partial charge >= 0.3 is 0 Å². The Hall–Kier alpha value is -2.37. The topological polar surface area (TPSA) is 59.6 Å². The van der Waals surface area contributed by atoms with Gasteiger partial charge in [0.2, 0.25) is 0 Å². The highest BCUT2D eigenvalue weighted by Gasteiger charge is 2.21. The minimum absolute atomic E-state index is 0.0165. The van der Waals surface area contributed by atoms with Crippen LogP contribution in [0.1, 0.15) is 67.1 Å². The molecule has 4 rings (SSSR count). The number of hydrogen-bond acceptors (Lipinski definition) is 4. The molecule has 5 nitrogen and oxygen atoms in total. The number of amides is 1. The van der Waals surface area contributed by atoms with Crippen molar-refractivity contribution in [3.63, 3.8) is 0 Å². The van der Waals surface area contributed by atoms with Gasteiger partial charge in [0.25, 0.3) is 5.91 Å². The molecule has 1 aliphatic heterocycles. The van der Waals surface area contributed by atoms with Crippen LogP contribution in [-0.2, 0) is 24.1 Å². The zero-order valence-electron chi connectivity index (χ0n) is 20.3. The van der Waals surface area contributed by atoms with Crippen molar-refractivity contribution >= 4 is 5.91 Å². The summed E-state index contributed by atoms with van der Waals surface area (Å²) in [5.41, 5.74) is 5.07. The van der Waals surface area contributed by atoms with E-state index in [2.05, 4.69) is 49.6 Å². The van der Waals surface area contributed by atoms with Crippen molar-refractivity contribution in [3.8, 4) is 5.75 Å². The van der Waals surface area contributed by atoms with E-state index in [0.717, 1.165) is 57.6 Å². The molecule has 2 N–H and O–H groups in total. The normalized spacial score (nSPS) is 20.3. The van der Waals surface area contributed by atoms with Gasteiger partial charge in [0, 0.05) is 31.3 Å². The van der Waals surface area contributed by atoms with E-state index in [4.69, 9.17) is 9.47 Å². The molecule has 0 radical (unpaired) electrons. The molecule has 1 aliphatic carbocycles. The van der Waals surface area contributed by atoms with Crippen LogP contribution in [0.5, 0.6) is 5.75 Å². The average Bonchev–Trinajstić information content (AvgIpc) is 3.31. The van der Waals surface area contributed by atoms with Crippen LogP contribution < -0.4 is 15.4 Å². The standard InChI is InChI=1S/C28H38N2O3/c1-28(2,3)19-29-17-20-6-7-23-16-24(11-8-22(23)15-20)30-27(31)21-9-12-25(13-10-21)33-18-26-5-4-14-32-26/h6-7,9-10,12-13,15,24,26,29H,4-5,8,11,14,16-19H2,1-3H3,(H,30,31)/t24-,26-/m0/s1. The number of nitrogens with one attached hydrogen (secondary N) is 2. The highest BCUT2D eigenvalue weighted by atomic mass is 16.5. The highest BCUT2D eigenvalue weighted by Crippen LogP contribution is 2.24. The molecular formula is C28H38N2O3. The molecule has 33 heavy (non-hydrogen) atoms. The van der Waals surface area contributed by atoms with Crippen LogP contribution in [0.25, 0.3) is 0 Å². The van der Waals surface area contributed by atoms with Crippen LogP contribution in [0, 0.1) is 5.41 Å². The van der Waals surface area contributed by atoms with Gasteiger partial charge in [0.15, 0.2) is 0 Å². The zero-order valence-corrected chi connectivity index (χ0v) is 20.3. The van der Waals surface area contributed by atoms with E-state index in [1.54, 1.807) is 0 Å². The number of benzene rings is 2. The molecule has 178 valence electrons. The maximum absolute atomic E-state index is 12.8. The van der Waals surface area contributed by atoms with Gasteiger partial charge in [-0.3, -0.25) is 4.79 Å². The summed E-state index contributed by atoms with van der Waals surface area (Å²) < 4.78 is 11.4. The van der Waals surface area contributed by atoms with E-state index < -0.39 is 0 Å². The third-order valence-electron chi connectivity index (χ3n) is 6.40. The van der Waals surface area contributed by atoms with Crippen molar-refractivity contribution in [2.45, 2.75) is 71.6 Å². The Balaban J connectivity index is 1.26. The molecule has 2 aromatic carbocycles. The van der Waals surface area contributed by atoms with E-state index >= 15 is 0 Å². The minimum Gasteiger partial charge on any atom is -0.491 e. The summed E-state index contributed by atoms with van der Waals surface area (Å²) >= 11 is 0. The number of fused-ring (bicyclic) bond motifs is 1. The third kappa shape index (κ3) is 7.05. The van der Waals surface area contributed by atoms with Gasteiger partial charge < -0.3 is 20.1 Å². The first-order chi connectivity index (χ1) is 15.9. The van der Waals surface area contributed by atoms with Crippen LogP contribution in [0.4, 0.5) is 0 Å². The molecular weight excluding hydrogens is 412 g/mol. The first-order valence-corrected chi connectivity index (χ1v) is 12.3. The Morgan fingerprint density at radius 3 is 2.64 bits per heavy atom. The van der Waals surface area contributed by atoms with Gasteiger partial charge in [-0.05, 0) is 78.5 Å². The summed E-state index contributed by atoms with van der Waals surface area (Å²) in [4.78, 5) is 12.8. The molecule has 0 aromatic heterocycles. The number of carbonyl (C=O) groups is 1. The number of hydrogen-bond donors (Lipinski definition) is 2. The Morgan fingerprint density at radius 1 is 1.09 bits per heavy atom. The van der Waals surface area contributed by atoms with E-state index in [0.29, 0.717) is 12.2 Å². The first kappa shape index (κ1) is 23.8. The maximum atomic E-state index is 12.8. The molecule has 1 amide bonds. The predicted octanol–water partition coefficient (Wildman–Crippen LogP) is 4.67. The number of rotatable bonds is 8. The van der Waals surface area contributed by atoms with Gasteiger partial charge in [0.05, 0.1) is 6.10 Å². The van der Waals surface area contributed by atoms with E-state index in [9.17, 15) is 4.79 Å². The van der Waals surface area contributed by atoms with Crippen LogP contribution in [0.2, 0.25) is 0 Å². The zero-order chi connectivity index (χ0) is 23.3. The summed E-state index contributed by atoms with van der Waals surface area (Å²) in [5.74, 6) is 0.763. The molecule has 2 aromatic rings. The van der Waals surface area contributed by atoms with Gasteiger partial charge in [0.1, 0.15) is 12.4 Å². The van der Waals surface area contributed by atoms with Gasteiger partial charge in [-0.1, -0.05) is 39.0 Å². The fourth-order valence-electron chi connectivity index (χ4n) is 4.56. The van der Waals surface area contributed by atoms with E-state index in [1.807, 2.05) is 24.3 Å². The number of carbonyl (C=O) groups excluding carboxylic acids is 1. The lowest BCUT2D eigenvalue weighted by atomic mass is 9.87. The third-order valence-corrected chi connectivity index (χ3v) is 6.40. The second kappa shape index (κ2) is 10.7. The largest absolute Gasteiger partial charge is 0.491 e. The fraction of sp³-hybridized carbons (Fsp3) is 0.536. The van der Waals surface area contributed by atoms with Crippen molar-refractivity contribution in [1.29, 1.82) is 0 Å². The van der Waals surface area contributed by atoms with E-state index in [1.165, 1.54) is 16.7 Å². The van der Waals surface area contributed by atoms with Gasteiger partial charge in [-0.2, -0.15) is 0 Å². The van der Waals surface area contributed by atoms with Crippen LogP contribution in [0.15, 0.2) is 42.5 Å². The number of aryl methyl sites for hydroxylation is 1. The second-order valence-electron chi connectivity index (χ2n) is 10.7. The Kier molecular flexibility index (Phi) is 7.71. The van der Waals surface area contributed by atoms with E-state index in [-0.39, 0.29) is 23.5 Å². The highest BCUT2D eigenvalue weighted by molar-refractivity contribution is 5.94. The summed E-state index contributed by atoms with van der Waals surface area (Å²) in [5, 5.41) is 6.78. The molecule has 0 saturated carbocycles. The molecule has 1 heterocycles. The first-order valence-electron chi connectivity index (χ1n) is 12.3. The van der Waals surface area contributed by atoms with Crippen molar-refractivity contribution in [1.82, 2.24) is 10.6 Å². The van der Waals surface area contributed by atoms with Crippen molar-refractivity contribution < 1.29 is 14.3 Å². The predicted molar refractivity (Wildman–Crippen MR) is 132 cm³/mol. The molecule has 0 unspecified atom stereocenters. The van der Waals surface area contributed by atoms with Crippen molar-refractivity contribution in [2.24, 2.45) is 5.41 Å². The van der Waals surface area contributed by atoms with Gasteiger partial charge in [-0.15, -0.1) is 0 Å². The summed E-state index contributed by atoms with van der Waals surface area (Å²) in [6.07, 6.45) is 5.22. The molecule has 0 spiro atoms. The monoisotopic (exact) mass is 450 g/mol. The van der Waals surface area contributed by atoms with Crippen LogP contribution in [-0.4, -0.2) is 37.8 Å². The van der Waals surface area contributed by atoms with Crippen molar-refractivity contribution in [3.05, 3.63) is 64.7 Å². The summed E-state index contributed by atoms with van der Waals surface area (Å²) in [6, 6.07) is 14.4. The smallest absolute Gasteiger partial charge is 0.251 e. The van der Waals surface area contributed by atoms with Crippen LogP contribution in [0.3, 0.4) is 0 Å². The Morgan fingerprint density at radius 2 is 1.91 bits per heavy atom.